The summed E-state index contributed by atoms with van der Waals surface area (Å²) in [7, 11) is 0. The molecule has 19 heavy (non-hydrogen) atoms. The SMILES string of the molecule is CC1(NCC(=O)N2CC[C@H]2C#N)CCN(C=O)CC1. The Hall–Kier alpha value is -1.61. The summed E-state index contributed by atoms with van der Waals surface area (Å²) >= 11 is 0. The number of nitrogens with one attached hydrogen (secondary N) is 1. The minimum absolute atomic E-state index is 0.00292. The number of carbonyl (C=O) groups excluding carboxylic acids is 2. The molecule has 0 bridgehead atoms. The first-order chi connectivity index (χ1) is 9.08. The van der Waals surface area contributed by atoms with Gasteiger partial charge in [0.05, 0.1) is 12.6 Å². The second kappa shape index (κ2) is 5.57. The molecule has 2 amide bonds. The van der Waals surface area contributed by atoms with Crippen molar-refractivity contribution in [2.75, 3.05) is 26.2 Å². The molecule has 0 aromatic rings. The van der Waals surface area contributed by atoms with E-state index in [2.05, 4.69) is 18.3 Å². The van der Waals surface area contributed by atoms with Crippen molar-refractivity contribution in [3.8, 4) is 6.07 Å². The molecular weight excluding hydrogens is 244 g/mol. The summed E-state index contributed by atoms with van der Waals surface area (Å²) in [5, 5.41) is 12.1. The van der Waals surface area contributed by atoms with Gasteiger partial charge in [0.2, 0.25) is 12.3 Å². The largest absolute Gasteiger partial charge is 0.345 e. The van der Waals surface area contributed by atoms with Crippen LogP contribution in [-0.4, -0.2) is 59.9 Å². The molecule has 2 rings (SSSR count). The molecule has 0 unspecified atom stereocenters. The Morgan fingerprint density at radius 3 is 2.63 bits per heavy atom. The number of amides is 2. The fourth-order valence-corrected chi connectivity index (χ4v) is 2.51. The van der Waals surface area contributed by atoms with Gasteiger partial charge in [-0.15, -0.1) is 0 Å². The molecule has 2 saturated heterocycles. The lowest BCUT2D eigenvalue weighted by Gasteiger charge is -2.40. The molecular formula is C13H20N4O2. The Morgan fingerprint density at radius 2 is 2.16 bits per heavy atom. The van der Waals surface area contributed by atoms with Crippen LogP contribution in [0.4, 0.5) is 0 Å². The predicted molar refractivity (Wildman–Crippen MR) is 69.0 cm³/mol. The molecule has 2 fully saturated rings. The summed E-state index contributed by atoms with van der Waals surface area (Å²) in [6.45, 7) is 4.50. The van der Waals surface area contributed by atoms with Gasteiger partial charge in [0.25, 0.3) is 0 Å². The first kappa shape index (κ1) is 13.8. The van der Waals surface area contributed by atoms with Gasteiger partial charge in [0.1, 0.15) is 6.04 Å². The van der Waals surface area contributed by atoms with E-state index in [-0.39, 0.29) is 24.0 Å². The van der Waals surface area contributed by atoms with Crippen molar-refractivity contribution < 1.29 is 9.59 Å². The van der Waals surface area contributed by atoms with Gasteiger partial charge in [0.15, 0.2) is 0 Å². The van der Waals surface area contributed by atoms with Crippen LogP contribution in [0.3, 0.4) is 0 Å². The average Bonchev–Trinajstić information content (AvgIpc) is 2.37. The van der Waals surface area contributed by atoms with Crippen LogP contribution in [0.25, 0.3) is 0 Å². The lowest BCUT2D eigenvalue weighted by Crippen LogP contribution is -2.57. The number of carbonyl (C=O) groups is 2. The Balaban J connectivity index is 1.77. The maximum Gasteiger partial charge on any atom is 0.237 e. The summed E-state index contributed by atoms with van der Waals surface area (Å²) < 4.78 is 0. The van der Waals surface area contributed by atoms with Crippen LogP contribution < -0.4 is 5.32 Å². The van der Waals surface area contributed by atoms with Crippen LogP contribution >= 0.6 is 0 Å². The third-order valence-electron chi connectivity index (χ3n) is 4.21. The monoisotopic (exact) mass is 264 g/mol. The highest BCUT2D eigenvalue weighted by Gasteiger charge is 2.34. The Bertz CT molecular complexity index is 396. The van der Waals surface area contributed by atoms with Crippen LogP contribution in [0.2, 0.25) is 0 Å². The van der Waals surface area contributed by atoms with E-state index in [1.165, 1.54) is 0 Å². The summed E-state index contributed by atoms with van der Waals surface area (Å²) in [6.07, 6.45) is 3.36. The molecule has 0 saturated carbocycles. The lowest BCUT2D eigenvalue weighted by molar-refractivity contribution is -0.136. The number of nitriles is 1. The van der Waals surface area contributed by atoms with Crippen molar-refractivity contribution in [1.82, 2.24) is 15.1 Å². The molecule has 0 spiro atoms. The molecule has 2 heterocycles. The fourth-order valence-electron chi connectivity index (χ4n) is 2.51. The van der Waals surface area contributed by atoms with E-state index in [0.717, 1.165) is 38.8 Å². The summed E-state index contributed by atoms with van der Waals surface area (Å²) in [6, 6.07) is 1.89. The minimum atomic E-state index is -0.237. The topological polar surface area (TPSA) is 76.4 Å². The first-order valence-electron chi connectivity index (χ1n) is 6.71. The fraction of sp³-hybridized carbons (Fsp3) is 0.769. The lowest BCUT2D eigenvalue weighted by atomic mass is 9.90. The maximum absolute atomic E-state index is 11.9. The number of likely N-dealkylation sites (tertiary alicyclic amines) is 2. The summed E-state index contributed by atoms with van der Waals surface area (Å²) in [5.74, 6) is -0.00292. The van der Waals surface area contributed by atoms with E-state index in [4.69, 9.17) is 5.26 Å². The summed E-state index contributed by atoms with van der Waals surface area (Å²) in [4.78, 5) is 26.0. The highest BCUT2D eigenvalue weighted by Crippen LogP contribution is 2.21. The normalized spacial score (nSPS) is 25.4. The molecule has 1 N–H and O–H groups in total. The molecule has 0 aromatic carbocycles. The smallest absolute Gasteiger partial charge is 0.237 e. The van der Waals surface area contributed by atoms with Gasteiger partial charge in [-0.25, -0.2) is 0 Å². The van der Waals surface area contributed by atoms with Crippen LogP contribution in [0.15, 0.2) is 0 Å². The van der Waals surface area contributed by atoms with Crippen LogP contribution in [-0.2, 0) is 9.59 Å². The molecule has 6 heteroatoms. The Labute approximate surface area is 113 Å². The Morgan fingerprint density at radius 1 is 1.47 bits per heavy atom. The van der Waals surface area contributed by atoms with Crippen molar-refractivity contribution in [1.29, 1.82) is 5.26 Å². The van der Waals surface area contributed by atoms with Crippen LogP contribution in [0.1, 0.15) is 26.2 Å². The molecule has 2 aliphatic heterocycles. The van der Waals surface area contributed by atoms with E-state index in [0.29, 0.717) is 6.54 Å². The highest BCUT2D eigenvalue weighted by molar-refractivity contribution is 5.79. The zero-order valence-corrected chi connectivity index (χ0v) is 11.3. The summed E-state index contributed by atoms with van der Waals surface area (Å²) in [5.41, 5.74) is -0.0951. The maximum atomic E-state index is 11.9. The van der Waals surface area contributed by atoms with E-state index in [9.17, 15) is 9.59 Å². The van der Waals surface area contributed by atoms with Gasteiger partial charge in [-0.1, -0.05) is 0 Å². The standard InChI is InChI=1S/C13H20N4O2/c1-13(3-6-16(10-18)7-4-13)15-9-12(19)17-5-2-11(17)8-14/h10-11,15H,2-7,9H2,1H3/t11-/m0/s1. The van der Waals surface area contributed by atoms with Crippen molar-refractivity contribution in [3.05, 3.63) is 0 Å². The van der Waals surface area contributed by atoms with Gasteiger partial charge in [0, 0.05) is 25.2 Å². The van der Waals surface area contributed by atoms with Crippen LogP contribution in [0.5, 0.6) is 0 Å². The van der Waals surface area contributed by atoms with Gasteiger partial charge >= 0.3 is 0 Å². The molecule has 0 aromatic heterocycles. The minimum Gasteiger partial charge on any atom is -0.345 e. The predicted octanol–water partition coefficient (Wildman–Crippen LogP) is -0.289. The number of piperidine rings is 1. The molecule has 2 aliphatic rings. The molecule has 104 valence electrons. The van der Waals surface area contributed by atoms with Gasteiger partial charge < -0.3 is 15.1 Å². The molecule has 1 atom stereocenters. The van der Waals surface area contributed by atoms with E-state index < -0.39 is 0 Å². The van der Waals surface area contributed by atoms with Gasteiger partial charge in [-0.05, 0) is 26.2 Å². The molecule has 0 aliphatic carbocycles. The number of rotatable bonds is 4. The third kappa shape index (κ3) is 3.04. The van der Waals surface area contributed by atoms with Crippen LogP contribution in [0, 0.1) is 11.3 Å². The quantitative estimate of drug-likeness (QED) is 0.708. The van der Waals surface area contributed by atoms with Crippen molar-refractivity contribution in [3.63, 3.8) is 0 Å². The van der Waals surface area contributed by atoms with E-state index in [1.807, 2.05) is 0 Å². The van der Waals surface area contributed by atoms with E-state index >= 15 is 0 Å². The second-order valence-electron chi connectivity index (χ2n) is 5.58. The molecule has 0 radical (unpaired) electrons. The first-order valence-corrected chi connectivity index (χ1v) is 6.71. The van der Waals surface area contributed by atoms with Gasteiger partial charge in [-0.2, -0.15) is 5.26 Å². The van der Waals surface area contributed by atoms with Gasteiger partial charge in [-0.3, -0.25) is 9.59 Å². The zero-order valence-electron chi connectivity index (χ0n) is 11.3. The number of nitrogens with zero attached hydrogens (tertiary/aromatic N) is 3. The van der Waals surface area contributed by atoms with Crippen molar-refractivity contribution >= 4 is 12.3 Å². The highest BCUT2D eigenvalue weighted by atomic mass is 16.2. The Kier molecular flexibility index (Phi) is 4.05. The number of hydrogen-bond acceptors (Lipinski definition) is 4. The van der Waals surface area contributed by atoms with Crippen molar-refractivity contribution in [2.24, 2.45) is 0 Å². The van der Waals surface area contributed by atoms with Crippen molar-refractivity contribution in [2.45, 2.75) is 37.8 Å². The second-order valence-corrected chi connectivity index (χ2v) is 5.58. The average molecular weight is 264 g/mol. The number of hydrogen-bond donors (Lipinski definition) is 1. The zero-order chi connectivity index (χ0) is 13.9. The van der Waals surface area contributed by atoms with E-state index in [1.54, 1.807) is 9.80 Å². The third-order valence-corrected chi connectivity index (χ3v) is 4.21. The molecule has 6 nitrogen and oxygen atoms in total.